The lowest BCUT2D eigenvalue weighted by Gasteiger charge is -2.21. The predicted octanol–water partition coefficient (Wildman–Crippen LogP) is 7.49. The highest BCUT2D eigenvalue weighted by Crippen LogP contribution is 2.41. The standard InChI is InChI=1S/C24H20N2OS2/c1-5-15-18(28)7-6-17-19(15)20-21(25-12-26-23(20)27-17)14-10-13-8-9-29-22(13)16(11-14)24(2,3)4/h5-12,28H,1H2,2-4H3. The Kier molecular flexibility index (Phi) is 4.09. The largest absolute Gasteiger partial charge is 0.438 e. The molecule has 0 saturated carbocycles. The quantitative estimate of drug-likeness (QED) is 0.303. The van der Waals surface area contributed by atoms with Gasteiger partial charge in [-0.05, 0) is 57.6 Å². The highest BCUT2D eigenvalue weighted by atomic mass is 32.1. The Morgan fingerprint density at radius 1 is 1.10 bits per heavy atom. The lowest BCUT2D eigenvalue weighted by molar-refractivity contribution is 0.597. The van der Waals surface area contributed by atoms with Crippen LogP contribution in [-0.2, 0) is 5.41 Å². The minimum absolute atomic E-state index is 0.0221. The highest BCUT2D eigenvalue weighted by molar-refractivity contribution is 7.80. The van der Waals surface area contributed by atoms with Crippen molar-refractivity contribution in [1.82, 2.24) is 9.97 Å². The molecule has 0 fully saturated rings. The van der Waals surface area contributed by atoms with E-state index in [4.69, 9.17) is 9.40 Å². The average molecular weight is 417 g/mol. The molecule has 5 heteroatoms. The second-order valence-corrected chi connectivity index (χ2v) is 9.59. The number of furan rings is 1. The number of thiophene rings is 1. The average Bonchev–Trinajstić information content (AvgIpc) is 3.30. The van der Waals surface area contributed by atoms with Crippen molar-refractivity contribution < 1.29 is 4.42 Å². The van der Waals surface area contributed by atoms with Gasteiger partial charge < -0.3 is 4.42 Å². The van der Waals surface area contributed by atoms with Crippen molar-refractivity contribution in [2.75, 3.05) is 0 Å². The molecular weight excluding hydrogens is 396 g/mol. The third-order valence-electron chi connectivity index (χ3n) is 5.29. The first-order valence-corrected chi connectivity index (χ1v) is 10.7. The van der Waals surface area contributed by atoms with Gasteiger partial charge in [-0.25, -0.2) is 9.97 Å². The summed E-state index contributed by atoms with van der Waals surface area (Å²) >= 11 is 6.40. The molecule has 0 radical (unpaired) electrons. The highest BCUT2D eigenvalue weighted by Gasteiger charge is 2.22. The third kappa shape index (κ3) is 2.80. The Labute approximate surface area is 178 Å². The Morgan fingerprint density at radius 3 is 2.69 bits per heavy atom. The minimum atomic E-state index is 0.0221. The van der Waals surface area contributed by atoms with Gasteiger partial charge in [0.2, 0.25) is 5.71 Å². The van der Waals surface area contributed by atoms with Crippen molar-refractivity contribution in [2.45, 2.75) is 31.1 Å². The number of thiol groups is 1. The maximum Gasteiger partial charge on any atom is 0.231 e. The smallest absolute Gasteiger partial charge is 0.231 e. The number of fused-ring (bicyclic) bond motifs is 4. The summed E-state index contributed by atoms with van der Waals surface area (Å²) in [5.41, 5.74) is 5.56. The number of rotatable bonds is 2. The van der Waals surface area contributed by atoms with Crippen molar-refractivity contribution in [3.05, 3.63) is 59.7 Å². The molecular formula is C24H20N2OS2. The van der Waals surface area contributed by atoms with Gasteiger partial charge in [-0.3, -0.25) is 0 Å². The summed E-state index contributed by atoms with van der Waals surface area (Å²) in [7, 11) is 0. The lowest BCUT2D eigenvalue weighted by atomic mass is 9.85. The van der Waals surface area contributed by atoms with Gasteiger partial charge in [-0.2, -0.15) is 0 Å². The van der Waals surface area contributed by atoms with E-state index in [0.717, 1.165) is 38.1 Å². The molecule has 3 nitrogen and oxygen atoms in total. The van der Waals surface area contributed by atoms with Crippen LogP contribution < -0.4 is 0 Å². The molecule has 2 aromatic carbocycles. The number of benzene rings is 2. The van der Waals surface area contributed by atoms with Gasteiger partial charge in [-0.15, -0.1) is 24.0 Å². The second-order valence-electron chi connectivity index (χ2n) is 8.19. The molecule has 5 rings (SSSR count). The molecule has 3 aromatic heterocycles. The van der Waals surface area contributed by atoms with Crippen LogP contribution in [0.2, 0.25) is 0 Å². The molecule has 0 aliphatic rings. The zero-order chi connectivity index (χ0) is 20.3. The Hall–Kier alpha value is -2.63. The van der Waals surface area contributed by atoms with Crippen molar-refractivity contribution in [2.24, 2.45) is 0 Å². The Balaban J connectivity index is 1.93. The molecule has 144 valence electrons. The topological polar surface area (TPSA) is 38.9 Å². The van der Waals surface area contributed by atoms with Crippen LogP contribution in [0.1, 0.15) is 31.9 Å². The van der Waals surface area contributed by atoms with Crippen LogP contribution in [-0.4, -0.2) is 9.97 Å². The molecule has 0 atom stereocenters. The van der Waals surface area contributed by atoms with E-state index in [1.54, 1.807) is 17.7 Å². The number of aromatic nitrogens is 2. The summed E-state index contributed by atoms with van der Waals surface area (Å²) in [6, 6.07) is 10.5. The summed E-state index contributed by atoms with van der Waals surface area (Å²) in [5.74, 6) is 0. The molecule has 3 heterocycles. The lowest BCUT2D eigenvalue weighted by Crippen LogP contribution is -2.11. The van der Waals surface area contributed by atoms with Gasteiger partial charge in [0.1, 0.15) is 11.9 Å². The fourth-order valence-corrected chi connectivity index (χ4v) is 5.29. The van der Waals surface area contributed by atoms with Crippen LogP contribution in [0.15, 0.2) is 57.9 Å². The first-order chi connectivity index (χ1) is 13.9. The Morgan fingerprint density at radius 2 is 1.93 bits per heavy atom. The van der Waals surface area contributed by atoms with E-state index in [0.29, 0.717) is 5.71 Å². The molecule has 0 unspecified atom stereocenters. The fourth-order valence-electron chi connectivity index (χ4n) is 3.91. The van der Waals surface area contributed by atoms with E-state index < -0.39 is 0 Å². The van der Waals surface area contributed by atoms with Crippen LogP contribution in [0.3, 0.4) is 0 Å². The van der Waals surface area contributed by atoms with E-state index in [9.17, 15) is 0 Å². The maximum absolute atomic E-state index is 6.05. The summed E-state index contributed by atoms with van der Waals surface area (Å²) in [4.78, 5) is 9.95. The van der Waals surface area contributed by atoms with E-state index in [-0.39, 0.29) is 5.41 Å². The SMILES string of the molecule is C=Cc1c(S)ccc2oc3ncnc(-c4cc(C(C)(C)C)c5sccc5c4)c3c12. The van der Waals surface area contributed by atoms with E-state index in [1.165, 1.54) is 15.6 Å². The molecule has 0 aliphatic carbocycles. The fraction of sp³-hybridized carbons (Fsp3) is 0.167. The molecule has 0 aliphatic heterocycles. The van der Waals surface area contributed by atoms with E-state index in [1.807, 2.05) is 18.2 Å². The van der Waals surface area contributed by atoms with Crippen LogP contribution >= 0.6 is 24.0 Å². The van der Waals surface area contributed by atoms with Crippen molar-refractivity contribution in [3.63, 3.8) is 0 Å². The van der Waals surface area contributed by atoms with Crippen LogP contribution in [0.25, 0.3) is 49.5 Å². The normalized spacial score (nSPS) is 12.3. The minimum Gasteiger partial charge on any atom is -0.438 e. The summed E-state index contributed by atoms with van der Waals surface area (Å²) in [5, 5.41) is 5.24. The summed E-state index contributed by atoms with van der Waals surface area (Å²) in [6.07, 6.45) is 3.39. The van der Waals surface area contributed by atoms with Crippen LogP contribution in [0.4, 0.5) is 0 Å². The molecule has 0 amide bonds. The molecule has 0 saturated heterocycles. The van der Waals surface area contributed by atoms with Crippen LogP contribution in [0, 0.1) is 0 Å². The first kappa shape index (κ1) is 18.4. The van der Waals surface area contributed by atoms with Crippen LogP contribution in [0.5, 0.6) is 0 Å². The van der Waals surface area contributed by atoms with Gasteiger partial charge in [0, 0.05) is 20.5 Å². The van der Waals surface area contributed by atoms with Gasteiger partial charge in [0.05, 0.1) is 11.1 Å². The molecule has 0 spiro atoms. The predicted molar refractivity (Wildman–Crippen MR) is 126 cm³/mol. The van der Waals surface area contributed by atoms with Crippen molar-refractivity contribution in [1.29, 1.82) is 0 Å². The Bertz CT molecular complexity index is 1420. The van der Waals surface area contributed by atoms with Gasteiger partial charge in [-0.1, -0.05) is 33.4 Å². The zero-order valence-electron chi connectivity index (χ0n) is 16.5. The first-order valence-electron chi connectivity index (χ1n) is 9.42. The zero-order valence-corrected chi connectivity index (χ0v) is 18.2. The molecule has 5 aromatic rings. The van der Waals surface area contributed by atoms with Crippen molar-refractivity contribution >= 4 is 62.2 Å². The third-order valence-corrected chi connectivity index (χ3v) is 6.64. The number of hydrogen-bond donors (Lipinski definition) is 1. The van der Waals surface area contributed by atoms with Gasteiger partial charge in [0.15, 0.2) is 0 Å². The monoisotopic (exact) mass is 416 g/mol. The molecule has 29 heavy (non-hydrogen) atoms. The van der Waals surface area contributed by atoms with Gasteiger partial charge >= 0.3 is 0 Å². The van der Waals surface area contributed by atoms with Gasteiger partial charge in [0.25, 0.3) is 0 Å². The number of hydrogen-bond acceptors (Lipinski definition) is 5. The molecule has 0 N–H and O–H groups in total. The van der Waals surface area contributed by atoms with E-state index in [2.05, 4.69) is 68.5 Å². The summed E-state index contributed by atoms with van der Waals surface area (Å²) < 4.78 is 7.38. The second kappa shape index (κ2) is 6.44. The summed E-state index contributed by atoms with van der Waals surface area (Å²) in [6.45, 7) is 10.7. The van der Waals surface area contributed by atoms with E-state index >= 15 is 0 Å². The van der Waals surface area contributed by atoms with Crippen molar-refractivity contribution in [3.8, 4) is 11.3 Å². The maximum atomic E-state index is 6.05. The number of nitrogens with zero attached hydrogens (tertiary/aromatic N) is 2. The molecule has 0 bridgehead atoms.